The third-order valence-electron chi connectivity index (χ3n) is 2.19. The summed E-state index contributed by atoms with van der Waals surface area (Å²) in [4.78, 5) is 0. The predicted molar refractivity (Wildman–Crippen MR) is 68.0 cm³/mol. The smallest absolute Gasteiger partial charge is 0.142 e. The molecule has 0 spiro atoms. The molecule has 0 N–H and O–H groups in total. The molecule has 15 heavy (non-hydrogen) atoms. The Morgan fingerprint density at radius 3 is 2.67 bits per heavy atom. The van der Waals surface area contributed by atoms with Crippen LogP contribution in [-0.4, -0.2) is 5.33 Å². The molecule has 82 valence electrons. The zero-order chi connectivity index (χ0) is 11.4. The molecular weight excluding hydrogens is 278 g/mol. The van der Waals surface area contributed by atoms with E-state index in [1.165, 1.54) is 11.6 Å². The Morgan fingerprint density at radius 2 is 2.20 bits per heavy atom. The van der Waals surface area contributed by atoms with Crippen LogP contribution in [-0.2, 0) is 0 Å². The van der Waals surface area contributed by atoms with E-state index < -0.39 is 0 Å². The Balaban J connectivity index is 3.01. The summed E-state index contributed by atoms with van der Waals surface area (Å²) in [6.07, 6.45) is 1.98. The van der Waals surface area contributed by atoms with Gasteiger partial charge in [0.1, 0.15) is 5.82 Å². The molecular formula is C12H13BrClF. The quantitative estimate of drug-likeness (QED) is 0.694. The van der Waals surface area contributed by atoms with E-state index in [1.54, 1.807) is 6.07 Å². The highest BCUT2D eigenvalue weighted by atomic mass is 79.9. The van der Waals surface area contributed by atoms with Gasteiger partial charge in [0.05, 0.1) is 5.02 Å². The van der Waals surface area contributed by atoms with Gasteiger partial charge in [0.15, 0.2) is 0 Å². The molecule has 1 rings (SSSR count). The number of halogens is 3. The van der Waals surface area contributed by atoms with Gasteiger partial charge in [0.2, 0.25) is 0 Å². The fraction of sp³-hybridized carbons (Fsp3) is 0.333. The minimum atomic E-state index is -0.372. The third kappa shape index (κ3) is 3.62. The number of allylic oxidation sites excluding steroid dienone is 1. The summed E-state index contributed by atoms with van der Waals surface area (Å²) in [5, 5.41) is 0.964. The molecule has 0 aliphatic carbocycles. The van der Waals surface area contributed by atoms with Crippen molar-refractivity contribution >= 4 is 33.6 Å². The highest BCUT2D eigenvalue weighted by molar-refractivity contribution is 9.09. The van der Waals surface area contributed by atoms with Gasteiger partial charge in [0.25, 0.3) is 0 Å². The van der Waals surface area contributed by atoms with Crippen molar-refractivity contribution in [3.05, 3.63) is 40.2 Å². The Hall–Kier alpha value is -0.340. The van der Waals surface area contributed by atoms with Crippen molar-refractivity contribution < 1.29 is 4.39 Å². The first-order chi connectivity index (χ1) is 7.04. The van der Waals surface area contributed by atoms with Gasteiger partial charge in [0, 0.05) is 5.33 Å². The van der Waals surface area contributed by atoms with Crippen LogP contribution in [0.3, 0.4) is 0 Å². The number of hydrogen-bond donors (Lipinski definition) is 0. The summed E-state index contributed by atoms with van der Waals surface area (Å²) in [7, 11) is 0. The maximum absolute atomic E-state index is 13.2. The average molecular weight is 292 g/mol. The summed E-state index contributed by atoms with van der Waals surface area (Å²) >= 11 is 9.03. The van der Waals surface area contributed by atoms with Gasteiger partial charge in [-0.3, -0.25) is 0 Å². The fourth-order valence-electron chi connectivity index (χ4n) is 1.18. The van der Waals surface area contributed by atoms with Crippen molar-refractivity contribution in [2.45, 2.75) is 13.8 Å². The topological polar surface area (TPSA) is 0 Å². The van der Waals surface area contributed by atoms with E-state index in [0.29, 0.717) is 5.92 Å². The van der Waals surface area contributed by atoms with Gasteiger partial charge in [-0.15, -0.1) is 0 Å². The molecule has 0 radical (unpaired) electrons. The molecule has 1 aromatic rings. The molecule has 0 amide bonds. The number of alkyl halides is 1. The van der Waals surface area contributed by atoms with Gasteiger partial charge in [-0.1, -0.05) is 59.1 Å². The first kappa shape index (κ1) is 12.7. The minimum Gasteiger partial charge on any atom is -0.205 e. The van der Waals surface area contributed by atoms with Gasteiger partial charge >= 0.3 is 0 Å². The van der Waals surface area contributed by atoms with Crippen molar-refractivity contribution in [3.63, 3.8) is 0 Å². The van der Waals surface area contributed by atoms with Crippen molar-refractivity contribution in [1.29, 1.82) is 0 Å². The van der Waals surface area contributed by atoms with E-state index in [1.807, 2.05) is 12.1 Å². The van der Waals surface area contributed by atoms with E-state index in [0.717, 1.165) is 10.9 Å². The zero-order valence-corrected chi connectivity index (χ0v) is 11.1. The first-order valence-electron chi connectivity index (χ1n) is 4.76. The molecule has 0 nitrogen and oxygen atoms in total. The van der Waals surface area contributed by atoms with Crippen molar-refractivity contribution in [1.82, 2.24) is 0 Å². The number of hydrogen-bond acceptors (Lipinski definition) is 0. The summed E-state index contributed by atoms with van der Waals surface area (Å²) in [5.41, 5.74) is 2.08. The highest BCUT2D eigenvalue weighted by Gasteiger charge is 2.03. The molecule has 0 saturated heterocycles. The summed E-state index contributed by atoms with van der Waals surface area (Å²) in [6, 6.07) is 4.85. The summed E-state index contributed by atoms with van der Waals surface area (Å²) in [6.45, 7) is 4.22. The van der Waals surface area contributed by atoms with Crippen LogP contribution >= 0.6 is 27.5 Å². The van der Waals surface area contributed by atoms with E-state index in [4.69, 9.17) is 11.6 Å². The fourth-order valence-corrected chi connectivity index (χ4v) is 2.10. The van der Waals surface area contributed by atoms with Crippen molar-refractivity contribution in [2.24, 2.45) is 5.92 Å². The molecule has 0 heterocycles. The molecule has 0 aliphatic rings. The Morgan fingerprint density at radius 1 is 1.53 bits per heavy atom. The lowest BCUT2D eigenvalue weighted by Gasteiger charge is -2.07. The minimum absolute atomic E-state index is 0.164. The van der Waals surface area contributed by atoms with Crippen LogP contribution in [0.2, 0.25) is 5.02 Å². The number of benzene rings is 1. The molecule has 1 aromatic carbocycles. The van der Waals surface area contributed by atoms with Gasteiger partial charge in [-0.25, -0.2) is 4.39 Å². The van der Waals surface area contributed by atoms with E-state index >= 15 is 0 Å². The van der Waals surface area contributed by atoms with Crippen LogP contribution in [0.4, 0.5) is 4.39 Å². The van der Waals surface area contributed by atoms with Gasteiger partial charge < -0.3 is 0 Å². The van der Waals surface area contributed by atoms with E-state index in [2.05, 4.69) is 29.8 Å². The lowest BCUT2D eigenvalue weighted by Crippen LogP contribution is -1.95. The second-order valence-electron chi connectivity index (χ2n) is 3.68. The maximum Gasteiger partial charge on any atom is 0.142 e. The summed E-state index contributed by atoms with van der Waals surface area (Å²) < 4.78 is 13.2. The SMILES string of the molecule is CC(C)C(=Cc1ccc(Cl)c(F)c1)CBr. The van der Waals surface area contributed by atoms with Gasteiger partial charge in [-0.05, 0) is 23.6 Å². The van der Waals surface area contributed by atoms with Crippen LogP contribution < -0.4 is 0 Å². The maximum atomic E-state index is 13.2. The predicted octanol–water partition coefficient (Wildman–Crippen LogP) is 4.91. The van der Waals surface area contributed by atoms with E-state index in [-0.39, 0.29) is 10.8 Å². The first-order valence-corrected chi connectivity index (χ1v) is 6.26. The Bertz CT molecular complexity index is 372. The Kier molecular flexibility index (Phi) is 4.81. The second-order valence-corrected chi connectivity index (χ2v) is 4.65. The molecule has 0 unspecified atom stereocenters. The molecule has 0 aromatic heterocycles. The number of rotatable bonds is 3. The Labute approximate surface area is 103 Å². The molecule has 0 fully saturated rings. The molecule has 0 aliphatic heterocycles. The van der Waals surface area contributed by atoms with Crippen LogP contribution in [0.5, 0.6) is 0 Å². The normalized spacial score (nSPS) is 12.3. The zero-order valence-electron chi connectivity index (χ0n) is 8.73. The second kappa shape index (κ2) is 5.66. The van der Waals surface area contributed by atoms with Crippen LogP contribution in [0.1, 0.15) is 19.4 Å². The van der Waals surface area contributed by atoms with Crippen LogP contribution in [0, 0.1) is 11.7 Å². The van der Waals surface area contributed by atoms with Crippen LogP contribution in [0.25, 0.3) is 6.08 Å². The molecule has 0 atom stereocenters. The van der Waals surface area contributed by atoms with Gasteiger partial charge in [-0.2, -0.15) is 0 Å². The molecule has 0 saturated carbocycles. The van der Waals surface area contributed by atoms with Crippen molar-refractivity contribution in [3.8, 4) is 0 Å². The average Bonchev–Trinajstić information content (AvgIpc) is 2.19. The monoisotopic (exact) mass is 290 g/mol. The van der Waals surface area contributed by atoms with Crippen molar-refractivity contribution in [2.75, 3.05) is 5.33 Å². The van der Waals surface area contributed by atoms with E-state index in [9.17, 15) is 4.39 Å². The lowest BCUT2D eigenvalue weighted by molar-refractivity contribution is 0.628. The lowest BCUT2D eigenvalue weighted by atomic mass is 10.0. The van der Waals surface area contributed by atoms with Crippen LogP contribution in [0.15, 0.2) is 23.8 Å². The largest absolute Gasteiger partial charge is 0.205 e. The molecule has 3 heteroatoms. The third-order valence-corrected chi connectivity index (χ3v) is 3.15. The standard InChI is InChI=1S/C12H13BrClF/c1-8(2)10(7-13)5-9-3-4-11(14)12(15)6-9/h3-6,8H,7H2,1-2H3. The summed E-state index contributed by atoms with van der Waals surface area (Å²) in [5.74, 6) is 0.0752. The highest BCUT2D eigenvalue weighted by Crippen LogP contribution is 2.20. The molecule has 0 bridgehead atoms.